The molecule has 0 aromatic heterocycles. The summed E-state index contributed by atoms with van der Waals surface area (Å²) in [6, 6.07) is 0.569. The van der Waals surface area contributed by atoms with Gasteiger partial charge in [-0.3, -0.25) is 4.90 Å². The van der Waals surface area contributed by atoms with Gasteiger partial charge in [0.05, 0.1) is 6.61 Å². The van der Waals surface area contributed by atoms with Crippen LogP contribution in [0, 0.1) is 5.41 Å². The van der Waals surface area contributed by atoms with Gasteiger partial charge in [0.25, 0.3) is 0 Å². The second-order valence-corrected chi connectivity index (χ2v) is 7.61. The highest BCUT2D eigenvalue weighted by Gasteiger charge is 2.39. The lowest BCUT2D eigenvalue weighted by Gasteiger charge is -2.50. The van der Waals surface area contributed by atoms with Gasteiger partial charge in [-0.25, -0.2) is 0 Å². The Morgan fingerprint density at radius 3 is 2.52 bits per heavy atom. The van der Waals surface area contributed by atoms with Crippen LogP contribution >= 0.6 is 0 Å². The maximum absolute atomic E-state index is 5.76. The Labute approximate surface area is 131 Å². The maximum atomic E-state index is 5.76. The van der Waals surface area contributed by atoms with E-state index in [9.17, 15) is 0 Å². The summed E-state index contributed by atoms with van der Waals surface area (Å²) in [4.78, 5) is 2.62. The van der Waals surface area contributed by atoms with Crippen LogP contribution in [0.1, 0.15) is 47.5 Å². The normalized spacial score (nSPS) is 28.0. The molecule has 0 saturated carbocycles. The van der Waals surface area contributed by atoms with E-state index in [-0.39, 0.29) is 11.0 Å². The zero-order valence-electron chi connectivity index (χ0n) is 15.0. The summed E-state index contributed by atoms with van der Waals surface area (Å²) in [7, 11) is 1.74. The highest BCUT2D eigenvalue weighted by Crippen LogP contribution is 2.29. The van der Waals surface area contributed by atoms with Crippen molar-refractivity contribution in [1.82, 2.24) is 10.2 Å². The van der Waals surface area contributed by atoms with E-state index in [1.54, 1.807) is 7.11 Å². The highest BCUT2D eigenvalue weighted by molar-refractivity contribution is 4.98. The van der Waals surface area contributed by atoms with E-state index in [4.69, 9.17) is 9.47 Å². The van der Waals surface area contributed by atoms with E-state index in [1.807, 2.05) is 0 Å². The molecule has 2 unspecified atom stereocenters. The van der Waals surface area contributed by atoms with Gasteiger partial charge in [0.2, 0.25) is 0 Å². The molecule has 126 valence electrons. The molecule has 1 saturated heterocycles. The van der Waals surface area contributed by atoms with Crippen LogP contribution in [-0.2, 0) is 9.47 Å². The molecule has 0 aliphatic carbocycles. The van der Waals surface area contributed by atoms with E-state index in [0.717, 1.165) is 52.3 Å². The molecule has 1 rings (SSSR count). The van der Waals surface area contributed by atoms with Gasteiger partial charge in [-0.1, -0.05) is 27.7 Å². The fourth-order valence-electron chi connectivity index (χ4n) is 3.00. The van der Waals surface area contributed by atoms with E-state index >= 15 is 0 Å². The summed E-state index contributed by atoms with van der Waals surface area (Å²) >= 11 is 0. The van der Waals surface area contributed by atoms with Gasteiger partial charge < -0.3 is 14.8 Å². The van der Waals surface area contributed by atoms with Gasteiger partial charge in [-0.15, -0.1) is 0 Å². The number of ether oxygens (including phenoxy) is 2. The zero-order valence-corrected chi connectivity index (χ0v) is 15.0. The van der Waals surface area contributed by atoms with Crippen molar-refractivity contribution < 1.29 is 9.47 Å². The molecule has 1 aliphatic rings. The van der Waals surface area contributed by atoms with Crippen LogP contribution in [0.25, 0.3) is 0 Å². The average Bonchev–Trinajstić information content (AvgIpc) is 2.41. The minimum absolute atomic E-state index is 0.234. The van der Waals surface area contributed by atoms with E-state index in [1.165, 1.54) is 0 Å². The second-order valence-electron chi connectivity index (χ2n) is 7.61. The summed E-state index contributed by atoms with van der Waals surface area (Å²) in [5, 5.41) is 3.75. The minimum Gasteiger partial charge on any atom is -0.385 e. The topological polar surface area (TPSA) is 33.7 Å². The zero-order chi connectivity index (χ0) is 15.9. The summed E-state index contributed by atoms with van der Waals surface area (Å²) in [5.41, 5.74) is 0.524. The molecule has 4 nitrogen and oxygen atoms in total. The van der Waals surface area contributed by atoms with Crippen molar-refractivity contribution in [3.05, 3.63) is 0 Å². The lowest BCUT2D eigenvalue weighted by Crippen LogP contribution is -2.65. The Kier molecular flexibility index (Phi) is 7.62. The molecule has 0 spiro atoms. The molecule has 0 aromatic rings. The van der Waals surface area contributed by atoms with Gasteiger partial charge >= 0.3 is 0 Å². The predicted molar refractivity (Wildman–Crippen MR) is 88.8 cm³/mol. The molecule has 1 heterocycles. The van der Waals surface area contributed by atoms with Crippen LogP contribution in [-0.4, -0.2) is 63.0 Å². The van der Waals surface area contributed by atoms with E-state index < -0.39 is 0 Å². The smallest absolute Gasteiger partial charge is 0.0593 e. The van der Waals surface area contributed by atoms with Gasteiger partial charge in [-0.2, -0.15) is 0 Å². The Bertz CT molecular complexity index is 291. The summed E-state index contributed by atoms with van der Waals surface area (Å²) in [5.74, 6) is 0. The molecular formula is C17H36N2O2. The van der Waals surface area contributed by atoms with Crippen LogP contribution < -0.4 is 5.32 Å². The molecule has 0 amide bonds. The Balaban J connectivity index is 2.47. The third-order valence-corrected chi connectivity index (χ3v) is 4.66. The quantitative estimate of drug-likeness (QED) is 0.699. The number of hydrogen-bond donors (Lipinski definition) is 1. The number of hydrogen-bond acceptors (Lipinski definition) is 4. The van der Waals surface area contributed by atoms with Crippen LogP contribution in [0.5, 0.6) is 0 Å². The summed E-state index contributed by atoms with van der Waals surface area (Å²) in [6.45, 7) is 17.2. The van der Waals surface area contributed by atoms with Gasteiger partial charge in [0, 0.05) is 51.5 Å². The summed E-state index contributed by atoms with van der Waals surface area (Å²) < 4.78 is 10.8. The van der Waals surface area contributed by atoms with Crippen LogP contribution in [0.3, 0.4) is 0 Å². The first-order chi connectivity index (χ1) is 9.82. The largest absolute Gasteiger partial charge is 0.385 e. The fourth-order valence-corrected chi connectivity index (χ4v) is 3.00. The van der Waals surface area contributed by atoms with Gasteiger partial charge in [0.15, 0.2) is 0 Å². The molecular weight excluding hydrogens is 264 g/mol. The number of nitrogens with one attached hydrogen (secondary N) is 1. The lowest BCUT2D eigenvalue weighted by molar-refractivity contribution is 0.00179. The maximum Gasteiger partial charge on any atom is 0.0593 e. The Hall–Kier alpha value is -0.160. The van der Waals surface area contributed by atoms with Crippen LogP contribution in [0.4, 0.5) is 0 Å². The fraction of sp³-hybridized carbons (Fsp3) is 1.00. The molecule has 1 aliphatic heterocycles. The van der Waals surface area contributed by atoms with Crippen molar-refractivity contribution in [2.45, 2.75) is 59.0 Å². The standard InChI is InChI=1S/C17H36N2O2/c1-7-17(5)14-19(9-12-21-11-8-10-20-6)15(13-18-17)16(2,3)4/h15,18H,7-14H2,1-6H3. The number of nitrogens with zero attached hydrogens (tertiary/aromatic N) is 1. The molecule has 0 aromatic carbocycles. The molecule has 0 radical (unpaired) electrons. The number of piperazine rings is 1. The monoisotopic (exact) mass is 300 g/mol. The Morgan fingerprint density at radius 2 is 1.95 bits per heavy atom. The predicted octanol–water partition coefficient (Wildman–Crippen LogP) is 2.53. The van der Waals surface area contributed by atoms with Crippen molar-refractivity contribution in [3.8, 4) is 0 Å². The molecule has 4 heteroatoms. The van der Waals surface area contributed by atoms with Gasteiger partial charge in [-0.05, 0) is 25.2 Å². The minimum atomic E-state index is 0.234. The van der Waals surface area contributed by atoms with Crippen molar-refractivity contribution in [2.24, 2.45) is 5.41 Å². The Morgan fingerprint density at radius 1 is 1.24 bits per heavy atom. The van der Waals surface area contributed by atoms with Gasteiger partial charge in [0.1, 0.15) is 0 Å². The van der Waals surface area contributed by atoms with Crippen molar-refractivity contribution >= 4 is 0 Å². The summed E-state index contributed by atoms with van der Waals surface area (Å²) in [6.07, 6.45) is 2.14. The van der Waals surface area contributed by atoms with Crippen molar-refractivity contribution in [1.29, 1.82) is 0 Å². The molecule has 1 N–H and O–H groups in total. The third-order valence-electron chi connectivity index (χ3n) is 4.66. The van der Waals surface area contributed by atoms with Crippen LogP contribution in [0.2, 0.25) is 0 Å². The molecule has 21 heavy (non-hydrogen) atoms. The second kappa shape index (κ2) is 8.47. The number of methoxy groups -OCH3 is 1. The molecule has 2 atom stereocenters. The molecule has 1 fully saturated rings. The molecule has 0 bridgehead atoms. The first-order valence-corrected chi connectivity index (χ1v) is 8.38. The average molecular weight is 300 g/mol. The first-order valence-electron chi connectivity index (χ1n) is 8.38. The third kappa shape index (κ3) is 6.23. The SMILES string of the molecule is CCC1(C)CN(CCOCCCOC)C(C(C)(C)C)CN1. The highest BCUT2D eigenvalue weighted by atomic mass is 16.5. The van der Waals surface area contributed by atoms with E-state index in [0.29, 0.717) is 6.04 Å². The lowest BCUT2D eigenvalue weighted by atomic mass is 9.81. The first kappa shape index (κ1) is 18.9. The number of rotatable bonds is 8. The van der Waals surface area contributed by atoms with Crippen LogP contribution in [0.15, 0.2) is 0 Å². The van der Waals surface area contributed by atoms with Crippen molar-refractivity contribution in [3.63, 3.8) is 0 Å². The van der Waals surface area contributed by atoms with E-state index in [2.05, 4.69) is 44.8 Å². The van der Waals surface area contributed by atoms with Crippen molar-refractivity contribution in [2.75, 3.05) is 46.6 Å².